The molecule has 1 amide bonds. The number of hydrogen-bond acceptors (Lipinski definition) is 5. The molecule has 3 rings (SSSR count). The predicted molar refractivity (Wildman–Crippen MR) is 97.1 cm³/mol. The Hall–Kier alpha value is -2.58. The number of para-hydroxylation sites is 2. The van der Waals surface area contributed by atoms with Crippen LogP contribution in [0.15, 0.2) is 41.3 Å². The molecule has 2 aromatic rings. The molecule has 1 heterocycles. The normalized spacial score (nSPS) is 16.4. The number of aryl methyl sites for hydroxylation is 2. The zero-order valence-corrected chi connectivity index (χ0v) is 15.5. The van der Waals surface area contributed by atoms with Gasteiger partial charge in [0.25, 0.3) is 5.91 Å². The van der Waals surface area contributed by atoms with E-state index in [2.05, 4.69) is 10.0 Å². The van der Waals surface area contributed by atoms with Crippen molar-refractivity contribution in [1.82, 2.24) is 4.72 Å². The monoisotopic (exact) mass is 376 g/mol. The summed E-state index contributed by atoms with van der Waals surface area (Å²) in [5.41, 5.74) is 1.70. The third-order valence-corrected chi connectivity index (χ3v) is 5.83. The minimum absolute atomic E-state index is 0.173. The van der Waals surface area contributed by atoms with Crippen molar-refractivity contribution < 1.29 is 22.7 Å². The summed E-state index contributed by atoms with van der Waals surface area (Å²) in [6, 6.07) is 10.3. The Bertz CT molecular complexity index is 933. The second-order valence-corrected chi connectivity index (χ2v) is 7.74. The third kappa shape index (κ3) is 3.51. The van der Waals surface area contributed by atoms with Gasteiger partial charge in [-0.15, -0.1) is 0 Å². The highest BCUT2D eigenvalue weighted by Crippen LogP contribution is 2.29. The molecule has 1 aliphatic rings. The molecular formula is C18H20N2O5S. The summed E-state index contributed by atoms with van der Waals surface area (Å²) >= 11 is 0. The second kappa shape index (κ2) is 6.97. The van der Waals surface area contributed by atoms with Gasteiger partial charge >= 0.3 is 0 Å². The molecule has 26 heavy (non-hydrogen) atoms. The van der Waals surface area contributed by atoms with Crippen molar-refractivity contribution in [2.24, 2.45) is 0 Å². The second-order valence-electron chi connectivity index (χ2n) is 6.03. The minimum atomic E-state index is -3.81. The minimum Gasteiger partial charge on any atom is -0.497 e. The number of hydrogen-bond donors (Lipinski definition) is 2. The van der Waals surface area contributed by atoms with Gasteiger partial charge in [-0.05, 0) is 49.2 Å². The molecule has 1 aliphatic heterocycles. The van der Waals surface area contributed by atoms with Crippen LogP contribution in [-0.4, -0.2) is 34.1 Å². The number of rotatable bonds is 5. The Labute approximate surface area is 152 Å². The number of fused-ring (bicyclic) bond motifs is 1. The van der Waals surface area contributed by atoms with Gasteiger partial charge in [0.1, 0.15) is 11.5 Å². The van der Waals surface area contributed by atoms with E-state index < -0.39 is 22.0 Å². The fraction of sp³-hybridized carbons (Fsp3) is 0.278. The molecule has 7 nitrogen and oxygen atoms in total. The molecule has 2 aromatic carbocycles. The van der Waals surface area contributed by atoms with E-state index in [1.165, 1.54) is 7.11 Å². The molecule has 0 aromatic heterocycles. The number of benzene rings is 2. The van der Waals surface area contributed by atoms with Gasteiger partial charge in [0.2, 0.25) is 10.0 Å². The van der Waals surface area contributed by atoms with E-state index in [0.717, 1.165) is 0 Å². The van der Waals surface area contributed by atoms with E-state index in [0.29, 0.717) is 28.3 Å². The van der Waals surface area contributed by atoms with Crippen LogP contribution in [-0.2, 0) is 14.8 Å². The van der Waals surface area contributed by atoms with Crippen LogP contribution >= 0.6 is 0 Å². The lowest BCUT2D eigenvalue weighted by Crippen LogP contribution is -2.45. The summed E-state index contributed by atoms with van der Waals surface area (Å²) in [5, 5.41) is 2.71. The third-order valence-electron chi connectivity index (χ3n) is 4.10. The maximum absolute atomic E-state index is 12.7. The number of sulfonamides is 1. The summed E-state index contributed by atoms with van der Waals surface area (Å²) in [6.45, 7) is 3.22. The van der Waals surface area contributed by atoms with E-state index >= 15 is 0 Å². The van der Waals surface area contributed by atoms with Gasteiger partial charge in [0, 0.05) is 0 Å². The highest BCUT2D eigenvalue weighted by Gasteiger charge is 2.30. The number of nitrogens with one attached hydrogen (secondary N) is 2. The molecule has 0 saturated heterocycles. The first-order chi connectivity index (χ1) is 12.3. The number of carbonyl (C=O) groups is 1. The molecule has 1 unspecified atom stereocenters. The quantitative estimate of drug-likeness (QED) is 0.832. The van der Waals surface area contributed by atoms with E-state index in [9.17, 15) is 13.2 Å². The lowest BCUT2D eigenvalue weighted by atomic mass is 10.1. The highest BCUT2D eigenvalue weighted by molar-refractivity contribution is 7.89. The predicted octanol–water partition coefficient (Wildman–Crippen LogP) is 1.99. The van der Waals surface area contributed by atoms with Crippen molar-refractivity contribution in [3.63, 3.8) is 0 Å². The molecule has 0 spiro atoms. The smallest absolute Gasteiger partial charge is 0.266 e. The van der Waals surface area contributed by atoms with Crippen molar-refractivity contribution >= 4 is 21.6 Å². The van der Waals surface area contributed by atoms with Crippen molar-refractivity contribution in [1.29, 1.82) is 0 Å². The number of amides is 1. The van der Waals surface area contributed by atoms with Crippen molar-refractivity contribution in [3.05, 3.63) is 47.5 Å². The summed E-state index contributed by atoms with van der Waals surface area (Å²) in [7, 11) is -2.29. The molecule has 138 valence electrons. The molecule has 1 atom stereocenters. The Balaban J connectivity index is 1.78. The number of carbonyl (C=O) groups excluding carboxylic acids is 1. The molecular weight excluding hydrogens is 356 g/mol. The van der Waals surface area contributed by atoms with Crippen LogP contribution in [0.1, 0.15) is 11.1 Å². The van der Waals surface area contributed by atoms with Crippen LogP contribution in [0, 0.1) is 13.8 Å². The molecule has 0 radical (unpaired) electrons. The van der Waals surface area contributed by atoms with Gasteiger partial charge in [-0.3, -0.25) is 4.79 Å². The van der Waals surface area contributed by atoms with E-state index in [4.69, 9.17) is 9.47 Å². The Kier molecular flexibility index (Phi) is 4.88. The Morgan fingerprint density at radius 3 is 2.50 bits per heavy atom. The van der Waals surface area contributed by atoms with Gasteiger partial charge in [0.05, 0.1) is 24.2 Å². The zero-order chi connectivity index (χ0) is 18.9. The summed E-state index contributed by atoms with van der Waals surface area (Å²) in [4.78, 5) is 12.3. The lowest BCUT2D eigenvalue weighted by Gasteiger charge is -2.26. The summed E-state index contributed by atoms with van der Waals surface area (Å²) < 4.78 is 38.7. The van der Waals surface area contributed by atoms with Crippen LogP contribution in [0.4, 0.5) is 5.69 Å². The maximum atomic E-state index is 12.7. The van der Waals surface area contributed by atoms with E-state index in [1.807, 2.05) is 0 Å². The Morgan fingerprint density at radius 1 is 1.19 bits per heavy atom. The van der Waals surface area contributed by atoms with E-state index in [1.54, 1.807) is 50.2 Å². The highest BCUT2D eigenvalue weighted by atomic mass is 32.2. The number of anilines is 1. The maximum Gasteiger partial charge on any atom is 0.266 e. The lowest BCUT2D eigenvalue weighted by molar-refractivity contribution is -0.123. The van der Waals surface area contributed by atoms with Crippen molar-refractivity contribution in [3.8, 4) is 11.5 Å². The zero-order valence-electron chi connectivity index (χ0n) is 14.7. The first-order valence-electron chi connectivity index (χ1n) is 8.03. The van der Waals surface area contributed by atoms with Gasteiger partial charge < -0.3 is 14.8 Å². The molecule has 8 heteroatoms. The van der Waals surface area contributed by atoms with Crippen LogP contribution < -0.4 is 19.5 Å². The van der Waals surface area contributed by atoms with Crippen molar-refractivity contribution in [2.75, 3.05) is 19.0 Å². The first kappa shape index (κ1) is 18.2. The molecule has 0 fully saturated rings. The standard InChI is InChI=1S/C18H20N2O5S/c1-11-8-13(24-3)9-12(2)17(11)26(22,23)19-10-16-18(21)20-14-6-4-5-7-15(14)25-16/h4-9,16,19H,10H2,1-3H3,(H,20,21). The number of ether oxygens (including phenoxy) is 2. The SMILES string of the molecule is COc1cc(C)c(S(=O)(=O)NCC2Oc3ccccc3NC2=O)c(C)c1. The summed E-state index contributed by atoms with van der Waals surface area (Å²) in [5.74, 6) is 0.702. The molecule has 0 saturated carbocycles. The van der Waals surface area contributed by atoms with Gasteiger partial charge in [-0.1, -0.05) is 12.1 Å². The van der Waals surface area contributed by atoms with Crippen LogP contribution in [0.25, 0.3) is 0 Å². The average Bonchev–Trinajstić information content (AvgIpc) is 2.59. The average molecular weight is 376 g/mol. The van der Waals surface area contributed by atoms with E-state index in [-0.39, 0.29) is 11.4 Å². The molecule has 0 bridgehead atoms. The van der Waals surface area contributed by atoms with Gasteiger partial charge in [-0.25, -0.2) is 13.1 Å². The topological polar surface area (TPSA) is 93.7 Å². The Morgan fingerprint density at radius 2 is 1.85 bits per heavy atom. The fourth-order valence-electron chi connectivity index (χ4n) is 2.94. The summed E-state index contributed by atoms with van der Waals surface area (Å²) in [6.07, 6.45) is -0.946. The van der Waals surface area contributed by atoms with Gasteiger partial charge in [-0.2, -0.15) is 0 Å². The van der Waals surface area contributed by atoms with Crippen LogP contribution in [0.3, 0.4) is 0 Å². The van der Waals surface area contributed by atoms with Crippen molar-refractivity contribution in [2.45, 2.75) is 24.8 Å². The first-order valence-corrected chi connectivity index (χ1v) is 9.51. The largest absolute Gasteiger partial charge is 0.497 e. The molecule has 2 N–H and O–H groups in total. The number of methoxy groups -OCH3 is 1. The van der Waals surface area contributed by atoms with Crippen LogP contribution in [0.2, 0.25) is 0 Å². The van der Waals surface area contributed by atoms with Gasteiger partial charge in [0.15, 0.2) is 6.10 Å². The van der Waals surface area contributed by atoms with Crippen LogP contribution in [0.5, 0.6) is 11.5 Å². The molecule has 0 aliphatic carbocycles. The fourth-order valence-corrected chi connectivity index (χ4v) is 4.42.